The minimum atomic E-state index is 0.116. The molecule has 0 radical (unpaired) electrons. The first kappa shape index (κ1) is 13.3. The SMILES string of the molecule is Cc1cc(C(=O)CSC(C)CO)c(C)n1C. The van der Waals surface area contributed by atoms with E-state index in [9.17, 15) is 4.79 Å². The third-order valence-corrected chi connectivity index (χ3v) is 3.98. The van der Waals surface area contributed by atoms with Crippen molar-refractivity contribution in [3.05, 3.63) is 23.0 Å². The van der Waals surface area contributed by atoms with Gasteiger partial charge in [-0.3, -0.25) is 4.79 Å². The maximum absolute atomic E-state index is 11.9. The van der Waals surface area contributed by atoms with Crippen molar-refractivity contribution in [2.24, 2.45) is 7.05 Å². The minimum Gasteiger partial charge on any atom is -0.395 e. The Balaban J connectivity index is 2.70. The zero-order chi connectivity index (χ0) is 12.3. The lowest BCUT2D eigenvalue weighted by Gasteiger charge is -2.06. The summed E-state index contributed by atoms with van der Waals surface area (Å²) in [5.41, 5.74) is 2.92. The van der Waals surface area contributed by atoms with Gasteiger partial charge in [0.2, 0.25) is 0 Å². The molecule has 16 heavy (non-hydrogen) atoms. The van der Waals surface area contributed by atoms with Crippen molar-refractivity contribution < 1.29 is 9.90 Å². The van der Waals surface area contributed by atoms with Crippen molar-refractivity contribution in [2.45, 2.75) is 26.0 Å². The molecule has 1 aromatic heterocycles. The predicted octanol–water partition coefficient (Wildman–Crippen LogP) is 1.94. The number of carbonyl (C=O) groups is 1. The number of rotatable bonds is 5. The van der Waals surface area contributed by atoms with Crippen molar-refractivity contribution >= 4 is 17.5 Å². The van der Waals surface area contributed by atoms with Gasteiger partial charge in [0.15, 0.2) is 5.78 Å². The van der Waals surface area contributed by atoms with Gasteiger partial charge in [-0.25, -0.2) is 0 Å². The molecule has 4 heteroatoms. The van der Waals surface area contributed by atoms with Gasteiger partial charge in [0.05, 0.1) is 12.4 Å². The number of ketones is 1. The molecule has 1 aromatic rings. The van der Waals surface area contributed by atoms with Crippen LogP contribution in [0.1, 0.15) is 28.7 Å². The minimum absolute atomic E-state index is 0.116. The quantitative estimate of drug-likeness (QED) is 0.801. The molecular weight excluding hydrogens is 222 g/mol. The van der Waals surface area contributed by atoms with E-state index in [-0.39, 0.29) is 17.6 Å². The first-order valence-electron chi connectivity index (χ1n) is 5.36. The number of hydrogen-bond donors (Lipinski definition) is 1. The van der Waals surface area contributed by atoms with Gasteiger partial charge < -0.3 is 9.67 Å². The lowest BCUT2D eigenvalue weighted by Crippen LogP contribution is -2.10. The fourth-order valence-corrected chi connectivity index (χ4v) is 2.18. The van der Waals surface area contributed by atoms with E-state index >= 15 is 0 Å². The monoisotopic (exact) mass is 241 g/mol. The number of carbonyl (C=O) groups excluding carboxylic acids is 1. The summed E-state index contributed by atoms with van der Waals surface area (Å²) in [6, 6.07) is 1.93. The average molecular weight is 241 g/mol. The molecule has 1 atom stereocenters. The van der Waals surface area contributed by atoms with Gasteiger partial charge in [-0.15, -0.1) is 11.8 Å². The second-order valence-electron chi connectivity index (χ2n) is 4.07. The Morgan fingerprint density at radius 2 is 2.19 bits per heavy atom. The molecular formula is C12H19NO2S. The van der Waals surface area contributed by atoms with Crippen molar-refractivity contribution in [3.63, 3.8) is 0 Å². The smallest absolute Gasteiger partial charge is 0.174 e. The first-order valence-corrected chi connectivity index (χ1v) is 6.40. The molecule has 1 heterocycles. The number of thioether (sulfide) groups is 1. The zero-order valence-corrected chi connectivity index (χ0v) is 11.1. The van der Waals surface area contributed by atoms with Gasteiger partial charge in [0, 0.05) is 29.2 Å². The van der Waals surface area contributed by atoms with E-state index in [0.717, 1.165) is 17.0 Å². The van der Waals surface area contributed by atoms with Crippen LogP contribution in [0, 0.1) is 13.8 Å². The summed E-state index contributed by atoms with van der Waals surface area (Å²) in [6.07, 6.45) is 0. The molecule has 0 amide bonds. The summed E-state index contributed by atoms with van der Waals surface area (Å²) in [5, 5.41) is 9.00. The Kier molecular flexibility index (Phi) is 4.62. The summed E-state index contributed by atoms with van der Waals surface area (Å²) < 4.78 is 2.02. The number of nitrogens with zero attached hydrogens (tertiary/aromatic N) is 1. The number of aliphatic hydroxyl groups is 1. The highest BCUT2D eigenvalue weighted by molar-refractivity contribution is 8.00. The van der Waals surface area contributed by atoms with Crippen LogP contribution in [0.4, 0.5) is 0 Å². The Bertz CT molecular complexity index is 385. The second-order valence-corrected chi connectivity index (χ2v) is 5.50. The topological polar surface area (TPSA) is 42.2 Å². The van der Waals surface area contributed by atoms with Crippen LogP contribution in [0.2, 0.25) is 0 Å². The normalized spacial score (nSPS) is 12.8. The standard InChI is InChI=1S/C12H19NO2S/c1-8-5-11(10(3)13(8)4)12(15)7-16-9(2)6-14/h5,9,14H,6-7H2,1-4H3. The molecule has 0 bridgehead atoms. The molecule has 0 saturated heterocycles. The van der Waals surface area contributed by atoms with Crippen LogP contribution < -0.4 is 0 Å². The Morgan fingerprint density at radius 1 is 1.56 bits per heavy atom. The van der Waals surface area contributed by atoms with Crippen LogP contribution in [-0.4, -0.2) is 33.1 Å². The number of aromatic nitrogens is 1. The number of Topliss-reactive ketones (excluding diaryl/α,β-unsaturated/α-hetero) is 1. The van der Waals surface area contributed by atoms with Gasteiger partial charge in [0.25, 0.3) is 0 Å². The maximum Gasteiger partial charge on any atom is 0.174 e. The van der Waals surface area contributed by atoms with E-state index in [1.54, 1.807) is 0 Å². The lowest BCUT2D eigenvalue weighted by atomic mass is 10.2. The van der Waals surface area contributed by atoms with Crippen molar-refractivity contribution in [3.8, 4) is 0 Å². The molecule has 0 spiro atoms. The van der Waals surface area contributed by atoms with Crippen LogP contribution in [0.15, 0.2) is 6.07 Å². The van der Waals surface area contributed by atoms with Crippen molar-refractivity contribution in [2.75, 3.05) is 12.4 Å². The highest BCUT2D eigenvalue weighted by atomic mass is 32.2. The van der Waals surface area contributed by atoms with E-state index < -0.39 is 0 Å². The van der Waals surface area contributed by atoms with Crippen molar-refractivity contribution in [1.29, 1.82) is 0 Å². The Morgan fingerprint density at radius 3 is 2.62 bits per heavy atom. The average Bonchev–Trinajstić information content (AvgIpc) is 2.53. The second kappa shape index (κ2) is 5.55. The molecule has 90 valence electrons. The summed E-state index contributed by atoms with van der Waals surface area (Å²) in [5.74, 6) is 0.581. The highest BCUT2D eigenvalue weighted by Crippen LogP contribution is 2.17. The molecule has 3 nitrogen and oxygen atoms in total. The van der Waals surface area contributed by atoms with Gasteiger partial charge in [-0.2, -0.15) is 0 Å². The first-order chi connectivity index (χ1) is 7.47. The summed E-state index contributed by atoms with van der Waals surface area (Å²) in [6.45, 7) is 5.99. The third kappa shape index (κ3) is 2.89. The van der Waals surface area contributed by atoms with E-state index in [0.29, 0.717) is 5.75 Å². The van der Waals surface area contributed by atoms with Crippen LogP contribution in [0.3, 0.4) is 0 Å². The summed E-state index contributed by atoms with van der Waals surface area (Å²) in [7, 11) is 1.96. The fraction of sp³-hybridized carbons (Fsp3) is 0.583. The number of aryl methyl sites for hydroxylation is 1. The van der Waals surface area contributed by atoms with E-state index in [4.69, 9.17) is 5.11 Å². The molecule has 0 aliphatic carbocycles. The van der Waals surface area contributed by atoms with Crippen LogP contribution in [0.5, 0.6) is 0 Å². The number of aliphatic hydroxyl groups excluding tert-OH is 1. The van der Waals surface area contributed by atoms with Gasteiger partial charge >= 0.3 is 0 Å². The molecule has 1 unspecified atom stereocenters. The Hall–Kier alpha value is -0.740. The molecule has 0 saturated carbocycles. The molecule has 0 aliphatic rings. The molecule has 0 aromatic carbocycles. The fourth-order valence-electron chi connectivity index (χ4n) is 1.49. The Labute approximate surface area is 101 Å². The zero-order valence-electron chi connectivity index (χ0n) is 10.3. The molecule has 0 fully saturated rings. The van der Waals surface area contributed by atoms with Crippen molar-refractivity contribution in [1.82, 2.24) is 4.57 Å². The number of hydrogen-bond acceptors (Lipinski definition) is 3. The van der Waals surface area contributed by atoms with E-state index in [2.05, 4.69) is 0 Å². The highest BCUT2D eigenvalue weighted by Gasteiger charge is 2.14. The summed E-state index contributed by atoms with van der Waals surface area (Å²) >= 11 is 1.49. The van der Waals surface area contributed by atoms with Gasteiger partial charge in [-0.1, -0.05) is 6.92 Å². The van der Waals surface area contributed by atoms with Gasteiger partial charge in [0.1, 0.15) is 0 Å². The van der Waals surface area contributed by atoms with Crippen LogP contribution in [-0.2, 0) is 7.05 Å². The predicted molar refractivity (Wildman–Crippen MR) is 68.2 cm³/mol. The molecule has 1 N–H and O–H groups in total. The van der Waals surface area contributed by atoms with E-state index in [1.807, 2.05) is 38.5 Å². The van der Waals surface area contributed by atoms with Gasteiger partial charge in [-0.05, 0) is 19.9 Å². The molecule has 1 rings (SSSR count). The van der Waals surface area contributed by atoms with Crippen LogP contribution in [0.25, 0.3) is 0 Å². The lowest BCUT2D eigenvalue weighted by molar-refractivity contribution is 0.102. The largest absolute Gasteiger partial charge is 0.395 e. The maximum atomic E-state index is 11.9. The van der Waals surface area contributed by atoms with Crippen LogP contribution >= 0.6 is 11.8 Å². The van der Waals surface area contributed by atoms with E-state index in [1.165, 1.54) is 11.8 Å². The summed E-state index contributed by atoms with van der Waals surface area (Å²) in [4.78, 5) is 11.9. The molecule has 0 aliphatic heterocycles. The third-order valence-electron chi connectivity index (χ3n) is 2.83.